The number of hydrogen-bond donors (Lipinski definition) is 1. The lowest BCUT2D eigenvalue weighted by atomic mass is 9.73. The molecule has 0 amide bonds. The largest absolute Gasteiger partial charge is 0.380 e. The van der Waals surface area contributed by atoms with Crippen LogP contribution in [0, 0.1) is 0 Å². The lowest BCUT2D eigenvalue weighted by molar-refractivity contribution is 0.0700. The molecule has 2 atom stereocenters. The van der Waals surface area contributed by atoms with Crippen molar-refractivity contribution in [1.82, 2.24) is 5.32 Å². The van der Waals surface area contributed by atoms with E-state index in [1.54, 1.807) is 11.3 Å². The molecule has 2 aliphatic heterocycles. The second-order valence-electron chi connectivity index (χ2n) is 7.12. The first kappa shape index (κ1) is 17.1. The van der Waals surface area contributed by atoms with Crippen LogP contribution in [0.25, 0.3) is 0 Å². The van der Waals surface area contributed by atoms with Gasteiger partial charge in [0.2, 0.25) is 6.43 Å². The molecule has 0 bridgehead atoms. The number of ether oxygens (including phenoxy) is 1. The van der Waals surface area contributed by atoms with Crippen molar-refractivity contribution in [2.45, 2.75) is 43.6 Å². The summed E-state index contributed by atoms with van der Waals surface area (Å²) in [7, 11) is 0. The van der Waals surface area contributed by atoms with Crippen LogP contribution in [0.2, 0.25) is 0 Å². The molecule has 0 aliphatic carbocycles. The summed E-state index contributed by atoms with van der Waals surface area (Å²) in [6, 6.07) is 12.8. The number of rotatable bonds is 3. The molecular formula is C20H23F2NOS. The van der Waals surface area contributed by atoms with E-state index in [2.05, 4.69) is 29.6 Å². The Balaban J connectivity index is 1.67. The molecular weight excluding hydrogens is 340 g/mol. The third-order valence-corrected chi connectivity index (χ3v) is 6.83. The van der Waals surface area contributed by atoms with Gasteiger partial charge in [-0.3, -0.25) is 0 Å². The van der Waals surface area contributed by atoms with E-state index < -0.39 is 6.43 Å². The maximum atomic E-state index is 12.9. The number of halogens is 2. The van der Waals surface area contributed by atoms with E-state index in [0.717, 1.165) is 30.7 Å². The minimum atomic E-state index is -2.28. The number of nitrogens with one attached hydrogen (secondary N) is 1. The van der Waals surface area contributed by atoms with E-state index in [-0.39, 0.29) is 17.9 Å². The van der Waals surface area contributed by atoms with Gasteiger partial charge in [0.15, 0.2) is 0 Å². The Kier molecular flexibility index (Phi) is 4.89. The Labute approximate surface area is 151 Å². The van der Waals surface area contributed by atoms with Crippen LogP contribution >= 0.6 is 11.3 Å². The molecule has 3 heterocycles. The van der Waals surface area contributed by atoms with Gasteiger partial charge < -0.3 is 10.1 Å². The Morgan fingerprint density at radius 1 is 1.28 bits per heavy atom. The molecule has 4 rings (SSSR count). The molecule has 1 N–H and O–H groups in total. The van der Waals surface area contributed by atoms with Crippen LogP contribution in [-0.2, 0) is 23.0 Å². The average Bonchev–Trinajstić information content (AvgIpc) is 2.96. The SMILES string of the molecule is FC(F)Cc1cc2c(s1)C1(CCNC(c3ccccc3)C1)COCC2. The molecule has 2 unspecified atom stereocenters. The molecule has 2 aliphatic rings. The van der Waals surface area contributed by atoms with Crippen molar-refractivity contribution >= 4 is 11.3 Å². The van der Waals surface area contributed by atoms with Crippen LogP contribution in [0.5, 0.6) is 0 Å². The highest BCUT2D eigenvalue weighted by atomic mass is 32.1. The highest BCUT2D eigenvalue weighted by molar-refractivity contribution is 7.12. The summed E-state index contributed by atoms with van der Waals surface area (Å²) in [6.45, 7) is 2.30. The summed E-state index contributed by atoms with van der Waals surface area (Å²) >= 11 is 1.59. The van der Waals surface area contributed by atoms with Gasteiger partial charge in [-0.2, -0.15) is 0 Å². The first-order valence-electron chi connectivity index (χ1n) is 8.93. The Bertz CT molecular complexity index is 718. The smallest absolute Gasteiger partial charge is 0.243 e. The fraction of sp³-hybridized carbons (Fsp3) is 0.500. The standard InChI is InChI=1S/C20H23F2NOS/c21-18(22)11-16-10-15-6-9-24-13-20(19(15)25-16)7-8-23-17(12-20)14-4-2-1-3-5-14/h1-5,10,17-18,23H,6-9,11-13H2. The minimum absolute atomic E-state index is 0.0529. The van der Waals surface area contributed by atoms with Crippen LogP contribution < -0.4 is 5.32 Å². The summed E-state index contributed by atoms with van der Waals surface area (Å²) < 4.78 is 31.7. The van der Waals surface area contributed by atoms with Gasteiger partial charge in [0.25, 0.3) is 0 Å². The summed E-state index contributed by atoms with van der Waals surface area (Å²) in [5.74, 6) is 0. The van der Waals surface area contributed by atoms with Crippen molar-refractivity contribution in [3.8, 4) is 0 Å². The first-order chi connectivity index (χ1) is 12.2. The molecule has 1 aromatic carbocycles. The zero-order valence-electron chi connectivity index (χ0n) is 14.1. The van der Waals surface area contributed by atoms with Crippen molar-refractivity contribution in [1.29, 1.82) is 0 Å². The maximum absolute atomic E-state index is 12.9. The van der Waals surface area contributed by atoms with Crippen LogP contribution in [0.1, 0.15) is 39.8 Å². The highest BCUT2D eigenvalue weighted by Gasteiger charge is 2.42. The van der Waals surface area contributed by atoms with Crippen LogP contribution in [0.15, 0.2) is 36.4 Å². The Morgan fingerprint density at radius 3 is 2.92 bits per heavy atom. The molecule has 134 valence electrons. The van der Waals surface area contributed by atoms with Crippen LogP contribution in [-0.4, -0.2) is 26.2 Å². The molecule has 0 saturated carbocycles. The predicted molar refractivity (Wildman–Crippen MR) is 96.6 cm³/mol. The van der Waals surface area contributed by atoms with Gasteiger partial charge >= 0.3 is 0 Å². The van der Waals surface area contributed by atoms with Crippen molar-refractivity contribution < 1.29 is 13.5 Å². The molecule has 2 aromatic rings. The van der Waals surface area contributed by atoms with Crippen LogP contribution in [0.3, 0.4) is 0 Å². The lowest BCUT2D eigenvalue weighted by Crippen LogP contribution is -2.44. The number of alkyl halides is 2. The van der Waals surface area contributed by atoms with Gasteiger partial charge in [-0.25, -0.2) is 8.78 Å². The Morgan fingerprint density at radius 2 is 2.12 bits per heavy atom. The predicted octanol–water partition coefficient (Wildman–Crippen LogP) is 4.49. The third-order valence-electron chi connectivity index (χ3n) is 5.38. The molecule has 1 saturated heterocycles. The van der Waals surface area contributed by atoms with Crippen molar-refractivity contribution in [3.63, 3.8) is 0 Å². The summed E-state index contributed by atoms with van der Waals surface area (Å²) in [5, 5.41) is 3.63. The molecule has 5 heteroatoms. The topological polar surface area (TPSA) is 21.3 Å². The second kappa shape index (κ2) is 7.14. The van der Waals surface area contributed by atoms with Gasteiger partial charge in [0, 0.05) is 27.6 Å². The monoisotopic (exact) mass is 363 g/mol. The molecule has 25 heavy (non-hydrogen) atoms. The van der Waals surface area contributed by atoms with Gasteiger partial charge in [-0.1, -0.05) is 30.3 Å². The van der Waals surface area contributed by atoms with Crippen molar-refractivity contribution in [3.05, 3.63) is 57.3 Å². The van der Waals surface area contributed by atoms with E-state index >= 15 is 0 Å². The number of hydrogen-bond acceptors (Lipinski definition) is 3. The molecule has 1 spiro atoms. The molecule has 1 aromatic heterocycles. The maximum Gasteiger partial charge on any atom is 0.243 e. The van der Waals surface area contributed by atoms with Gasteiger partial charge in [0.05, 0.1) is 13.2 Å². The van der Waals surface area contributed by atoms with Crippen molar-refractivity contribution in [2.24, 2.45) is 0 Å². The fourth-order valence-electron chi connectivity index (χ4n) is 4.20. The van der Waals surface area contributed by atoms with Crippen molar-refractivity contribution in [2.75, 3.05) is 19.8 Å². The van der Waals surface area contributed by atoms with Gasteiger partial charge in [-0.05, 0) is 43.0 Å². The van der Waals surface area contributed by atoms with E-state index in [0.29, 0.717) is 13.2 Å². The third kappa shape index (κ3) is 3.50. The number of thiophene rings is 1. The minimum Gasteiger partial charge on any atom is -0.380 e. The number of fused-ring (bicyclic) bond motifs is 2. The zero-order valence-corrected chi connectivity index (χ0v) is 15.0. The van der Waals surface area contributed by atoms with Crippen LogP contribution in [0.4, 0.5) is 8.78 Å². The Hall–Kier alpha value is -1.30. The number of benzene rings is 1. The quantitative estimate of drug-likeness (QED) is 0.867. The molecule has 1 fully saturated rings. The lowest BCUT2D eigenvalue weighted by Gasteiger charge is -2.41. The molecule has 0 radical (unpaired) electrons. The summed E-state index contributed by atoms with van der Waals surface area (Å²) in [5.41, 5.74) is 2.46. The first-order valence-corrected chi connectivity index (χ1v) is 9.74. The van der Waals surface area contributed by atoms with Gasteiger partial charge in [0.1, 0.15) is 0 Å². The average molecular weight is 363 g/mol. The van der Waals surface area contributed by atoms with Gasteiger partial charge in [-0.15, -0.1) is 11.3 Å². The van der Waals surface area contributed by atoms with E-state index in [9.17, 15) is 8.78 Å². The molecule has 2 nitrogen and oxygen atoms in total. The second-order valence-corrected chi connectivity index (χ2v) is 8.25. The number of piperidine rings is 1. The fourth-order valence-corrected chi connectivity index (χ4v) is 5.62. The van der Waals surface area contributed by atoms with E-state index in [4.69, 9.17) is 4.74 Å². The normalized spacial score (nSPS) is 26.6. The summed E-state index contributed by atoms with van der Waals surface area (Å²) in [6.07, 6.45) is 0.380. The summed E-state index contributed by atoms with van der Waals surface area (Å²) in [4.78, 5) is 2.11. The van der Waals surface area contributed by atoms with E-state index in [1.165, 1.54) is 16.0 Å². The van der Waals surface area contributed by atoms with E-state index in [1.807, 2.05) is 12.1 Å². The zero-order chi connectivity index (χ0) is 17.3. The highest BCUT2D eigenvalue weighted by Crippen LogP contribution is 2.46.